The van der Waals surface area contributed by atoms with Gasteiger partial charge < -0.3 is 0 Å². The van der Waals surface area contributed by atoms with Crippen molar-refractivity contribution in [2.24, 2.45) is 4.99 Å². The lowest BCUT2D eigenvalue weighted by atomic mass is 9.96. The molecule has 1 aliphatic rings. The highest BCUT2D eigenvalue weighted by Gasteiger charge is 2.45. The molecule has 0 spiro atoms. The summed E-state index contributed by atoms with van der Waals surface area (Å²) in [6.07, 6.45) is 3.31. The molecule has 14 heavy (non-hydrogen) atoms. The first kappa shape index (κ1) is 9.10. The average molecular weight is 191 g/mol. The molecule has 1 aromatic carbocycles. The average Bonchev–Trinajstić information content (AvgIpc) is 2.97. The maximum Gasteiger partial charge on any atom is 0.234 e. The Labute approximate surface area is 81.5 Å². The van der Waals surface area contributed by atoms with E-state index in [9.17, 15) is 9.18 Å². The van der Waals surface area contributed by atoms with Gasteiger partial charge >= 0.3 is 0 Å². The highest BCUT2D eigenvalue weighted by atomic mass is 19.1. The second-order valence-electron chi connectivity index (χ2n) is 3.67. The predicted octanol–water partition coefficient (Wildman–Crippen LogP) is 2.19. The van der Waals surface area contributed by atoms with Gasteiger partial charge in [-0.05, 0) is 24.5 Å². The molecular weight excluding hydrogens is 181 g/mol. The van der Waals surface area contributed by atoms with Crippen LogP contribution in [0.4, 0.5) is 4.39 Å². The van der Waals surface area contributed by atoms with Crippen LogP contribution in [-0.2, 0) is 10.2 Å². The molecule has 0 saturated heterocycles. The minimum atomic E-state index is -0.219. The maximum absolute atomic E-state index is 13.4. The summed E-state index contributed by atoms with van der Waals surface area (Å²) in [5, 5.41) is 0. The van der Waals surface area contributed by atoms with Crippen molar-refractivity contribution in [3.63, 3.8) is 0 Å². The highest BCUT2D eigenvalue weighted by molar-refractivity contribution is 5.37. The first-order chi connectivity index (χ1) is 6.78. The Morgan fingerprint density at radius 1 is 1.43 bits per heavy atom. The fourth-order valence-electron chi connectivity index (χ4n) is 1.74. The minimum absolute atomic E-state index is 0.203. The summed E-state index contributed by atoms with van der Waals surface area (Å²) in [5.74, 6) is -0.203. The lowest BCUT2D eigenvalue weighted by molar-refractivity contribution is 0.552. The van der Waals surface area contributed by atoms with Gasteiger partial charge in [0.2, 0.25) is 6.08 Å². The summed E-state index contributed by atoms with van der Waals surface area (Å²) in [5.41, 5.74) is 0.460. The molecule has 2 nitrogen and oxygen atoms in total. The number of nitrogens with zero attached hydrogens (tertiary/aromatic N) is 1. The molecule has 1 fully saturated rings. The largest absolute Gasteiger partial charge is 0.234 e. The summed E-state index contributed by atoms with van der Waals surface area (Å²) in [4.78, 5) is 13.6. The molecular formula is C11H10FNO. The Morgan fingerprint density at radius 2 is 2.14 bits per heavy atom. The van der Waals surface area contributed by atoms with E-state index in [4.69, 9.17) is 0 Å². The number of halogens is 1. The molecule has 1 aromatic rings. The van der Waals surface area contributed by atoms with Crippen LogP contribution in [0, 0.1) is 5.82 Å². The van der Waals surface area contributed by atoms with Gasteiger partial charge in [-0.3, -0.25) is 0 Å². The molecule has 0 unspecified atom stereocenters. The highest BCUT2D eigenvalue weighted by Crippen LogP contribution is 2.49. The van der Waals surface area contributed by atoms with Gasteiger partial charge in [-0.2, -0.15) is 0 Å². The Balaban J connectivity index is 2.30. The molecule has 0 N–H and O–H groups in total. The lowest BCUT2D eigenvalue weighted by Gasteiger charge is -2.12. The van der Waals surface area contributed by atoms with Gasteiger partial charge in [-0.1, -0.05) is 18.2 Å². The van der Waals surface area contributed by atoms with Crippen molar-refractivity contribution in [2.45, 2.75) is 18.3 Å². The van der Waals surface area contributed by atoms with E-state index in [1.807, 2.05) is 6.07 Å². The topological polar surface area (TPSA) is 29.4 Å². The van der Waals surface area contributed by atoms with Crippen LogP contribution in [0.25, 0.3) is 0 Å². The smallest absolute Gasteiger partial charge is 0.211 e. The van der Waals surface area contributed by atoms with Crippen molar-refractivity contribution < 1.29 is 9.18 Å². The van der Waals surface area contributed by atoms with E-state index in [-0.39, 0.29) is 11.2 Å². The van der Waals surface area contributed by atoms with Gasteiger partial charge in [-0.25, -0.2) is 14.2 Å². The molecule has 3 heteroatoms. The van der Waals surface area contributed by atoms with Gasteiger partial charge in [0.25, 0.3) is 0 Å². The Morgan fingerprint density at radius 3 is 2.71 bits per heavy atom. The molecule has 2 rings (SSSR count). The van der Waals surface area contributed by atoms with E-state index in [2.05, 4.69) is 4.99 Å². The van der Waals surface area contributed by atoms with Crippen LogP contribution >= 0.6 is 0 Å². The zero-order valence-electron chi connectivity index (χ0n) is 7.66. The molecule has 0 atom stereocenters. The summed E-state index contributed by atoms with van der Waals surface area (Å²) < 4.78 is 13.4. The van der Waals surface area contributed by atoms with E-state index >= 15 is 0 Å². The van der Waals surface area contributed by atoms with Gasteiger partial charge in [0.15, 0.2) is 0 Å². The molecule has 0 radical (unpaired) electrons. The van der Waals surface area contributed by atoms with E-state index in [0.717, 1.165) is 12.8 Å². The van der Waals surface area contributed by atoms with Crippen molar-refractivity contribution in [1.82, 2.24) is 0 Å². The zero-order valence-corrected chi connectivity index (χ0v) is 7.66. The van der Waals surface area contributed by atoms with Crippen LogP contribution in [0.1, 0.15) is 18.4 Å². The van der Waals surface area contributed by atoms with Crippen LogP contribution in [0.3, 0.4) is 0 Å². The lowest BCUT2D eigenvalue weighted by Crippen LogP contribution is -2.12. The summed E-state index contributed by atoms with van der Waals surface area (Å²) >= 11 is 0. The number of hydrogen-bond donors (Lipinski definition) is 0. The van der Waals surface area contributed by atoms with Crippen LogP contribution in [-0.4, -0.2) is 12.6 Å². The third-order valence-electron chi connectivity index (χ3n) is 2.75. The molecule has 0 heterocycles. The maximum atomic E-state index is 13.4. The molecule has 0 aliphatic heterocycles. The first-order valence-corrected chi connectivity index (χ1v) is 4.57. The quantitative estimate of drug-likeness (QED) is 0.532. The third kappa shape index (κ3) is 1.47. The van der Waals surface area contributed by atoms with Crippen molar-refractivity contribution in [2.75, 3.05) is 6.54 Å². The summed E-state index contributed by atoms with van der Waals surface area (Å²) in [6.45, 7) is 0.359. The second kappa shape index (κ2) is 3.35. The van der Waals surface area contributed by atoms with E-state index in [1.54, 1.807) is 12.1 Å². The minimum Gasteiger partial charge on any atom is -0.211 e. The van der Waals surface area contributed by atoms with E-state index < -0.39 is 0 Å². The first-order valence-electron chi connectivity index (χ1n) is 4.57. The number of rotatable bonds is 3. The third-order valence-corrected chi connectivity index (χ3v) is 2.75. The fourth-order valence-corrected chi connectivity index (χ4v) is 1.74. The van der Waals surface area contributed by atoms with Gasteiger partial charge in [0.05, 0.1) is 6.54 Å². The molecule has 72 valence electrons. The molecule has 0 bridgehead atoms. The number of aliphatic imine (C=N–C) groups is 1. The monoisotopic (exact) mass is 191 g/mol. The van der Waals surface area contributed by atoms with E-state index in [1.165, 1.54) is 12.1 Å². The van der Waals surface area contributed by atoms with Crippen LogP contribution in [0.5, 0.6) is 0 Å². The standard InChI is InChI=1S/C11H10FNO/c12-10-4-2-1-3-9(10)11(5-6-11)7-13-8-14/h1-4H,5-7H2. The number of carbonyl (C=O) groups excluding carboxylic acids is 1. The van der Waals surface area contributed by atoms with Crippen molar-refractivity contribution >= 4 is 6.08 Å². The fraction of sp³-hybridized carbons (Fsp3) is 0.364. The van der Waals surface area contributed by atoms with E-state index in [0.29, 0.717) is 12.1 Å². The summed E-state index contributed by atoms with van der Waals surface area (Å²) in [6, 6.07) is 6.68. The van der Waals surface area contributed by atoms with Crippen molar-refractivity contribution in [3.05, 3.63) is 35.6 Å². The van der Waals surface area contributed by atoms with Crippen molar-refractivity contribution in [1.29, 1.82) is 0 Å². The predicted molar refractivity (Wildman–Crippen MR) is 50.3 cm³/mol. The number of benzene rings is 1. The summed E-state index contributed by atoms with van der Waals surface area (Å²) in [7, 11) is 0. The van der Waals surface area contributed by atoms with Crippen LogP contribution < -0.4 is 0 Å². The normalized spacial score (nSPS) is 17.2. The molecule has 0 amide bonds. The van der Waals surface area contributed by atoms with Crippen LogP contribution in [0.2, 0.25) is 0 Å². The van der Waals surface area contributed by atoms with Crippen LogP contribution in [0.15, 0.2) is 29.3 Å². The second-order valence-corrected chi connectivity index (χ2v) is 3.67. The Hall–Kier alpha value is -1.47. The van der Waals surface area contributed by atoms with Gasteiger partial charge in [0, 0.05) is 5.41 Å². The van der Waals surface area contributed by atoms with Gasteiger partial charge in [-0.15, -0.1) is 0 Å². The molecule has 1 aliphatic carbocycles. The Kier molecular flexibility index (Phi) is 2.18. The van der Waals surface area contributed by atoms with Crippen molar-refractivity contribution in [3.8, 4) is 0 Å². The number of isocyanates is 1. The van der Waals surface area contributed by atoms with Gasteiger partial charge in [0.1, 0.15) is 5.82 Å². The number of hydrogen-bond acceptors (Lipinski definition) is 2. The molecule has 1 saturated carbocycles. The SMILES string of the molecule is O=C=NCC1(c2ccccc2F)CC1. The zero-order chi connectivity index (χ0) is 10.0. The Bertz CT molecular complexity index is 392. The molecule has 0 aromatic heterocycles.